The van der Waals surface area contributed by atoms with E-state index in [-0.39, 0.29) is 24.4 Å². The molecule has 72 valence electrons. The smallest absolute Gasteiger partial charge is 0.237 e. The molecule has 1 heterocycles. The van der Waals surface area contributed by atoms with Gasteiger partial charge in [-0.2, -0.15) is 0 Å². The third kappa shape index (κ3) is 3.41. The Hall–Kier alpha value is -0.280. The molecule has 1 amide bonds. The van der Waals surface area contributed by atoms with Crippen LogP contribution in [-0.4, -0.2) is 25.0 Å². The van der Waals surface area contributed by atoms with Gasteiger partial charge in [-0.1, -0.05) is 6.92 Å². The van der Waals surface area contributed by atoms with Crippen LogP contribution in [0.15, 0.2) is 0 Å². The highest BCUT2D eigenvalue weighted by Crippen LogP contribution is 2.03. The van der Waals surface area contributed by atoms with Crippen LogP contribution in [-0.2, 0) is 4.79 Å². The van der Waals surface area contributed by atoms with E-state index < -0.39 is 0 Å². The largest absolute Gasteiger partial charge is 0.355 e. The summed E-state index contributed by atoms with van der Waals surface area (Å²) >= 11 is 0. The molecule has 3 nitrogen and oxygen atoms in total. The monoisotopic (exact) mass is 192 g/mol. The molecule has 2 N–H and O–H groups in total. The minimum atomic E-state index is 0. The molecular formula is C8H17ClN2O. The number of carbonyl (C=O) groups excluding carboxylic acids is 1. The molecule has 0 aromatic heterocycles. The van der Waals surface area contributed by atoms with Crippen molar-refractivity contribution in [1.29, 1.82) is 0 Å². The maximum absolute atomic E-state index is 11.2. The Bertz CT molecular complexity index is 135. The van der Waals surface area contributed by atoms with Crippen LogP contribution in [0.1, 0.15) is 26.2 Å². The second-order valence-corrected chi connectivity index (χ2v) is 2.94. The Balaban J connectivity index is 0.00000121. The lowest BCUT2D eigenvalue weighted by Crippen LogP contribution is -2.40. The lowest BCUT2D eigenvalue weighted by molar-refractivity contribution is -0.122. The second kappa shape index (κ2) is 6.26. The summed E-state index contributed by atoms with van der Waals surface area (Å²) in [6.45, 7) is 3.85. The average Bonchev–Trinajstić information content (AvgIpc) is 2.52. The van der Waals surface area contributed by atoms with E-state index in [0.29, 0.717) is 0 Å². The van der Waals surface area contributed by atoms with Crippen LogP contribution >= 0.6 is 12.4 Å². The maximum atomic E-state index is 11.2. The lowest BCUT2D eigenvalue weighted by atomic mass is 10.2. The van der Waals surface area contributed by atoms with Gasteiger partial charge in [-0.15, -0.1) is 12.4 Å². The summed E-state index contributed by atoms with van der Waals surface area (Å²) in [5.74, 6) is 0.171. The van der Waals surface area contributed by atoms with Crippen molar-refractivity contribution in [2.75, 3.05) is 13.1 Å². The SMILES string of the molecule is CCCNC(=O)[C@@H]1CCCN1.Cl. The second-order valence-electron chi connectivity index (χ2n) is 2.94. The Morgan fingerprint density at radius 1 is 1.67 bits per heavy atom. The topological polar surface area (TPSA) is 41.1 Å². The molecule has 1 aliphatic rings. The molecule has 0 aromatic carbocycles. The molecule has 0 radical (unpaired) electrons. The molecule has 0 spiro atoms. The van der Waals surface area contributed by atoms with Gasteiger partial charge in [0, 0.05) is 6.54 Å². The molecule has 1 rings (SSSR count). The molecule has 0 bridgehead atoms. The molecule has 0 unspecified atom stereocenters. The Morgan fingerprint density at radius 2 is 2.42 bits per heavy atom. The van der Waals surface area contributed by atoms with Crippen molar-refractivity contribution in [2.24, 2.45) is 0 Å². The first-order valence-corrected chi connectivity index (χ1v) is 4.35. The summed E-state index contributed by atoms with van der Waals surface area (Å²) in [6, 6.07) is 0.0848. The predicted molar refractivity (Wildman–Crippen MR) is 51.6 cm³/mol. The highest BCUT2D eigenvalue weighted by atomic mass is 35.5. The molecule has 4 heteroatoms. The van der Waals surface area contributed by atoms with Gasteiger partial charge in [-0.05, 0) is 25.8 Å². The van der Waals surface area contributed by atoms with Crippen molar-refractivity contribution < 1.29 is 4.79 Å². The van der Waals surface area contributed by atoms with Gasteiger partial charge in [0.2, 0.25) is 5.91 Å². The normalized spacial score (nSPS) is 21.6. The van der Waals surface area contributed by atoms with Gasteiger partial charge in [-0.25, -0.2) is 0 Å². The Labute approximate surface area is 79.7 Å². The average molecular weight is 193 g/mol. The zero-order chi connectivity index (χ0) is 8.10. The summed E-state index contributed by atoms with van der Waals surface area (Å²) in [5.41, 5.74) is 0. The number of halogens is 1. The van der Waals surface area contributed by atoms with E-state index in [1.165, 1.54) is 0 Å². The summed E-state index contributed by atoms with van der Waals surface area (Å²) in [6.07, 6.45) is 3.14. The van der Waals surface area contributed by atoms with Crippen LogP contribution in [0.3, 0.4) is 0 Å². The number of carbonyl (C=O) groups is 1. The first kappa shape index (κ1) is 11.7. The molecule has 0 aliphatic carbocycles. The van der Waals surface area contributed by atoms with Gasteiger partial charge in [0.25, 0.3) is 0 Å². The van der Waals surface area contributed by atoms with Gasteiger partial charge in [0.05, 0.1) is 6.04 Å². The van der Waals surface area contributed by atoms with E-state index in [1.807, 2.05) is 0 Å². The minimum absolute atomic E-state index is 0. The van der Waals surface area contributed by atoms with Crippen molar-refractivity contribution in [3.05, 3.63) is 0 Å². The van der Waals surface area contributed by atoms with Crippen molar-refractivity contribution in [3.63, 3.8) is 0 Å². The fourth-order valence-electron chi connectivity index (χ4n) is 1.28. The van der Waals surface area contributed by atoms with E-state index in [0.717, 1.165) is 32.4 Å². The summed E-state index contributed by atoms with van der Waals surface area (Å²) in [4.78, 5) is 11.2. The number of nitrogens with one attached hydrogen (secondary N) is 2. The van der Waals surface area contributed by atoms with Gasteiger partial charge < -0.3 is 10.6 Å². The summed E-state index contributed by atoms with van der Waals surface area (Å²) < 4.78 is 0. The lowest BCUT2D eigenvalue weighted by Gasteiger charge is -2.09. The van der Waals surface area contributed by atoms with E-state index in [4.69, 9.17) is 0 Å². The molecule has 0 saturated carbocycles. The zero-order valence-corrected chi connectivity index (χ0v) is 8.25. The number of hydrogen-bond acceptors (Lipinski definition) is 2. The highest BCUT2D eigenvalue weighted by molar-refractivity contribution is 5.85. The van der Waals surface area contributed by atoms with Crippen molar-refractivity contribution in [3.8, 4) is 0 Å². The summed E-state index contributed by atoms with van der Waals surface area (Å²) in [7, 11) is 0. The van der Waals surface area contributed by atoms with Crippen molar-refractivity contribution >= 4 is 18.3 Å². The molecular weight excluding hydrogens is 176 g/mol. The Morgan fingerprint density at radius 3 is 2.92 bits per heavy atom. The van der Waals surface area contributed by atoms with Gasteiger partial charge in [-0.3, -0.25) is 4.79 Å². The first-order valence-electron chi connectivity index (χ1n) is 4.35. The Kier molecular flexibility index (Phi) is 6.11. The summed E-state index contributed by atoms with van der Waals surface area (Å²) in [5, 5.41) is 6.03. The molecule has 12 heavy (non-hydrogen) atoms. The van der Waals surface area contributed by atoms with Gasteiger partial charge in [0.1, 0.15) is 0 Å². The standard InChI is InChI=1S/C8H16N2O.ClH/c1-2-5-10-8(11)7-4-3-6-9-7;/h7,9H,2-6H2,1H3,(H,10,11);1H/t7-;/m0./s1. The van der Waals surface area contributed by atoms with Crippen molar-refractivity contribution in [1.82, 2.24) is 10.6 Å². The molecule has 1 atom stereocenters. The number of amides is 1. The fraction of sp³-hybridized carbons (Fsp3) is 0.875. The molecule has 0 aromatic rings. The van der Waals surface area contributed by atoms with Crippen LogP contribution in [0.5, 0.6) is 0 Å². The van der Waals surface area contributed by atoms with E-state index >= 15 is 0 Å². The maximum Gasteiger partial charge on any atom is 0.237 e. The third-order valence-electron chi connectivity index (χ3n) is 1.93. The zero-order valence-electron chi connectivity index (χ0n) is 7.43. The first-order chi connectivity index (χ1) is 5.34. The van der Waals surface area contributed by atoms with Gasteiger partial charge >= 0.3 is 0 Å². The molecule has 1 saturated heterocycles. The number of hydrogen-bond donors (Lipinski definition) is 2. The van der Waals surface area contributed by atoms with Gasteiger partial charge in [0.15, 0.2) is 0 Å². The van der Waals surface area contributed by atoms with E-state index in [1.54, 1.807) is 0 Å². The molecule has 1 fully saturated rings. The quantitative estimate of drug-likeness (QED) is 0.691. The fourth-order valence-corrected chi connectivity index (χ4v) is 1.28. The van der Waals surface area contributed by atoms with E-state index in [2.05, 4.69) is 17.6 Å². The highest BCUT2D eigenvalue weighted by Gasteiger charge is 2.20. The van der Waals surface area contributed by atoms with Crippen LogP contribution in [0.25, 0.3) is 0 Å². The van der Waals surface area contributed by atoms with Crippen LogP contribution in [0.4, 0.5) is 0 Å². The van der Waals surface area contributed by atoms with Crippen molar-refractivity contribution in [2.45, 2.75) is 32.2 Å². The predicted octanol–water partition coefficient (Wildman–Crippen LogP) is 0.686. The minimum Gasteiger partial charge on any atom is -0.355 e. The third-order valence-corrected chi connectivity index (χ3v) is 1.93. The van der Waals surface area contributed by atoms with Crippen LogP contribution in [0, 0.1) is 0 Å². The number of rotatable bonds is 3. The molecule has 1 aliphatic heterocycles. The van der Waals surface area contributed by atoms with Crippen LogP contribution in [0.2, 0.25) is 0 Å². The van der Waals surface area contributed by atoms with E-state index in [9.17, 15) is 4.79 Å². The van der Waals surface area contributed by atoms with Crippen LogP contribution < -0.4 is 10.6 Å².